The summed E-state index contributed by atoms with van der Waals surface area (Å²) in [4.78, 5) is 0. The molecule has 0 spiro atoms. The lowest BCUT2D eigenvalue weighted by Gasteiger charge is -2.13. The molecule has 0 saturated carbocycles. The first-order chi connectivity index (χ1) is 6.56. The second-order valence-electron chi connectivity index (χ2n) is 3.25. The highest BCUT2D eigenvalue weighted by molar-refractivity contribution is 5.41. The quantitative estimate of drug-likeness (QED) is 0.685. The van der Waals surface area contributed by atoms with E-state index in [1.54, 1.807) is 6.92 Å². The van der Waals surface area contributed by atoms with Crippen molar-refractivity contribution in [2.24, 2.45) is 5.73 Å². The number of benzene rings is 1. The maximum Gasteiger partial charge on any atom is 0.124 e. The number of aromatic hydroxyl groups is 1. The molecule has 0 bridgehead atoms. The van der Waals surface area contributed by atoms with Crippen LogP contribution in [0.15, 0.2) is 12.1 Å². The number of phenolic OH excluding ortho intramolecular Hbond substituents is 1. The van der Waals surface area contributed by atoms with Crippen LogP contribution >= 0.6 is 0 Å². The number of aryl methyl sites for hydroxylation is 1. The number of nitrogens with two attached hydrogens (primary N) is 1. The molecule has 1 rings (SSSR count). The Hall–Kier alpha value is -1.13. The van der Waals surface area contributed by atoms with Crippen molar-refractivity contribution in [3.8, 4) is 5.75 Å². The highest BCUT2D eigenvalue weighted by Crippen LogP contribution is 2.29. The SMILES string of the molecule is Cc1cc(F)cc(C(O)CCN)c1O. The normalized spacial score (nSPS) is 12.9. The second-order valence-corrected chi connectivity index (χ2v) is 3.25. The molecule has 0 aromatic heterocycles. The number of hydrogen-bond donors (Lipinski definition) is 3. The standard InChI is InChI=1S/C10H14FNO2/c1-6-4-7(11)5-8(10(6)14)9(13)2-3-12/h4-5,9,13-14H,2-3,12H2,1H3. The van der Waals surface area contributed by atoms with Gasteiger partial charge < -0.3 is 15.9 Å². The van der Waals surface area contributed by atoms with Crippen molar-refractivity contribution < 1.29 is 14.6 Å². The van der Waals surface area contributed by atoms with Crippen LogP contribution in [-0.2, 0) is 0 Å². The first kappa shape index (κ1) is 10.9. The maximum atomic E-state index is 13.0. The van der Waals surface area contributed by atoms with Gasteiger partial charge in [0.05, 0.1) is 6.10 Å². The molecule has 4 heteroatoms. The molecule has 0 radical (unpaired) electrons. The van der Waals surface area contributed by atoms with E-state index in [-0.39, 0.29) is 17.9 Å². The molecule has 0 heterocycles. The lowest BCUT2D eigenvalue weighted by atomic mass is 10.0. The van der Waals surface area contributed by atoms with Gasteiger partial charge in [0.1, 0.15) is 11.6 Å². The van der Waals surface area contributed by atoms with Crippen molar-refractivity contribution in [3.63, 3.8) is 0 Å². The van der Waals surface area contributed by atoms with Crippen molar-refractivity contribution in [2.45, 2.75) is 19.4 Å². The lowest BCUT2D eigenvalue weighted by Crippen LogP contribution is -2.07. The van der Waals surface area contributed by atoms with Crippen LogP contribution in [0, 0.1) is 12.7 Å². The Balaban J connectivity index is 3.07. The molecule has 1 unspecified atom stereocenters. The molecule has 0 saturated heterocycles. The van der Waals surface area contributed by atoms with Crippen LogP contribution in [0.5, 0.6) is 5.75 Å². The lowest BCUT2D eigenvalue weighted by molar-refractivity contribution is 0.166. The van der Waals surface area contributed by atoms with Gasteiger partial charge in [0.2, 0.25) is 0 Å². The summed E-state index contributed by atoms with van der Waals surface area (Å²) in [5.41, 5.74) is 5.87. The Morgan fingerprint density at radius 1 is 1.50 bits per heavy atom. The van der Waals surface area contributed by atoms with Gasteiger partial charge >= 0.3 is 0 Å². The zero-order chi connectivity index (χ0) is 10.7. The van der Waals surface area contributed by atoms with Crippen molar-refractivity contribution in [1.82, 2.24) is 0 Å². The van der Waals surface area contributed by atoms with E-state index in [4.69, 9.17) is 5.73 Å². The summed E-state index contributed by atoms with van der Waals surface area (Å²) < 4.78 is 13.0. The molecular weight excluding hydrogens is 185 g/mol. The topological polar surface area (TPSA) is 66.5 Å². The van der Waals surface area contributed by atoms with Gasteiger partial charge in [0, 0.05) is 5.56 Å². The summed E-state index contributed by atoms with van der Waals surface area (Å²) in [7, 11) is 0. The number of phenols is 1. The Morgan fingerprint density at radius 2 is 2.14 bits per heavy atom. The molecule has 0 aliphatic heterocycles. The first-order valence-electron chi connectivity index (χ1n) is 4.43. The Labute approximate surface area is 82.0 Å². The monoisotopic (exact) mass is 199 g/mol. The number of rotatable bonds is 3. The van der Waals surface area contributed by atoms with E-state index in [0.29, 0.717) is 12.0 Å². The zero-order valence-corrected chi connectivity index (χ0v) is 8.00. The Bertz CT molecular complexity index is 328. The van der Waals surface area contributed by atoms with Crippen LogP contribution in [0.25, 0.3) is 0 Å². The molecule has 0 amide bonds. The smallest absolute Gasteiger partial charge is 0.124 e. The van der Waals surface area contributed by atoms with Gasteiger partial charge in [-0.3, -0.25) is 0 Å². The predicted octanol–water partition coefficient (Wildman–Crippen LogP) is 1.22. The van der Waals surface area contributed by atoms with Crippen LogP contribution in [0.3, 0.4) is 0 Å². The largest absolute Gasteiger partial charge is 0.507 e. The Morgan fingerprint density at radius 3 is 2.71 bits per heavy atom. The fourth-order valence-corrected chi connectivity index (χ4v) is 1.33. The number of hydrogen-bond acceptors (Lipinski definition) is 3. The average Bonchev–Trinajstić information content (AvgIpc) is 2.11. The van der Waals surface area contributed by atoms with E-state index in [9.17, 15) is 14.6 Å². The molecule has 0 fully saturated rings. The average molecular weight is 199 g/mol. The molecule has 3 nitrogen and oxygen atoms in total. The summed E-state index contributed by atoms with van der Waals surface area (Å²) >= 11 is 0. The van der Waals surface area contributed by atoms with Crippen LogP contribution in [0.1, 0.15) is 23.7 Å². The predicted molar refractivity (Wildman–Crippen MR) is 51.4 cm³/mol. The maximum absolute atomic E-state index is 13.0. The van der Waals surface area contributed by atoms with Gasteiger partial charge in [-0.15, -0.1) is 0 Å². The van der Waals surface area contributed by atoms with E-state index in [2.05, 4.69) is 0 Å². The third kappa shape index (κ3) is 2.21. The number of aliphatic hydroxyl groups excluding tert-OH is 1. The molecule has 4 N–H and O–H groups in total. The fourth-order valence-electron chi connectivity index (χ4n) is 1.33. The van der Waals surface area contributed by atoms with Crippen molar-refractivity contribution >= 4 is 0 Å². The second kappa shape index (κ2) is 4.39. The summed E-state index contributed by atoms with van der Waals surface area (Å²) in [6.07, 6.45) is -0.606. The van der Waals surface area contributed by atoms with Crippen molar-refractivity contribution in [1.29, 1.82) is 0 Å². The van der Waals surface area contributed by atoms with Gasteiger partial charge in [0.25, 0.3) is 0 Å². The number of aliphatic hydroxyl groups is 1. The van der Waals surface area contributed by atoms with E-state index in [0.717, 1.165) is 6.07 Å². The molecule has 1 aromatic carbocycles. The van der Waals surface area contributed by atoms with Gasteiger partial charge in [-0.05, 0) is 37.6 Å². The highest BCUT2D eigenvalue weighted by atomic mass is 19.1. The van der Waals surface area contributed by atoms with E-state index in [1.807, 2.05) is 0 Å². The van der Waals surface area contributed by atoms with Crippen LogP contribution in [0.4, 0.5) is 4.39 Å². The summed E-state index contributed by atoms with van der Waals surface area (Å²) in [6.45, 7) is 1.87. The van der Waals surface area contributed by atoms with Crippen molar-refractivity contribution in [3.05, 3.63) is 29.1 Å². The third-order valence-electron chi connectivity index (χ3n) is 2.09. The summed E-state index contributed by atoms with van der Waals surface area (Å²) in [6, 6.07) is 2.34. The first-order valence-corrected chi connectivity index (χ1v) is 4.43. The molecule has 78 valence electrons. The molecule has 14 heavy (non-hydrogen) atoms. The minimum absolute atomic E-state index is 0.0626. The van der Waals surface area contributed by atoms with Crippen molar-refractivity contribution in [2.75, 3.05) is 6.54 Å². The fraction of sp³-hybridized carbons (Fsp3) is 0.400. The highest BCUT2D eigenvalue weighted by Gasteiger charge is 2.14. The van der Waals surface area contributed by atoms with Gasteiger partial charge in [-0.1, -0.05) is 0 Å². The van der Waals surface area contributed by atoms with Gasteiger partial charge in [0.15, 0.2) is 0 Å². The van der Waals surface area contributed by atoms with Crippen LogP contribution < -0.4 is 5.73 Å². The van der Waals surface area contributed by atoms with Crippen LogP contribution in [-0.4, -0.2) is 16.8 Å². The minimum atomic E-state index is -0.908. The van der Waals surface area contributed by atoms with Crippen LogP contribution in [0.2, 0.25) is 0 Å². The van der Waals surface area contributed by atoms with Gasteiger partial charge in [-0.2, -0.15) is 0 Å². The molecular formula is C10H14FNO2. The molecule has 1 aromatic rings. The molecule has 0 aliphatic rings. The molecule has 1 atom stereocenters. The molecule has 0 aliphatic carbocycles. The van der Waals surface area contributed by atoms with E-state index < -0.39 is 11.9 Å². The number of halogens is 1. The minimum Gasteiger partial charge on any atom is -0.507 e. The summed E-state index contributed by atoms with van der Waals surface area (Å²) in [5, 5.41) is 19.1. The third-order valence-corrected chi connectivity index (χ3v) is 2.09. The van der Waals surface area contributed by atoms with E-state index in [1.165, 1.54) is 6.07 Å². The van der Waals surface area contributed by atoms with Gasteiger partial charge in [-0.25, -0.2) is 4.39 Å². The van der Waals surface area contributed by atoms with E-state index >= 15 is 0 Å². The summed E-state index contributed by atoms with van der Waals surface area (Å²) in [5.74, 6) is -0.529. The Kier molecular flexibility index (Phi) is 3.43. The zero-order valence-electron chi connectivity index (χ0n) is 8.00.